The molecule has 1 aliphatic rings. The minimum Gasteiger partial charge on any atom is -0.460 e. The first kappa shape index (κ1) is 20.6. The number of aryl methyl sites for hydroxylation is 1. The fourth-order valence-corrected chi connectivity index (χ4v) is 4.67. The van der Waals surface area contributed by atoms with Crippen molar-refractivity contribution >= 4 is 26.7 Å². The van der Waals surface area contributed by atoms with E-state index in [1.165, 1.54) is 0 Å². The van der Waals surface area contributed by atoms with Gasteiger partial charge in [-0.15, -0.1) is 0 Å². The van der Waals surface area contributed by atoms with Crippen LogP contribution in [0.2, 0.25) is 0 Å². The maximum absolute atomic E-state index is 14.6. The number of hydrogen-bond acceptors (Lipinski definition) is 9. The van der Waals surface area contributed by atoms with Crippen LogP contribution in [-0.2, 0) is 21.8 Å². The van der Waals surface area contributed by atoms with Gasteiger partial charge < -0.3 is 14.8 Å². The lowest BCUT2D eigenvalue weighted by Crippen LogP contribution is -2.45. The van der Waals surface area contributed by atoms with Crippen LogP contribution in [0.5, 0.6) is 5.75 Å². The lowest BCUT2D eigenvalue weighted by molar-refractivity contribution is -0.126. The number of nitrogens with one attached hydrogen (secondary N) is 2. The fraction of sp³-hybridized carbons (Fsp3) is 0.312. The molecule has 2 aromatic heterocycles. The molecule has 1 saturated heterocycles. The molecule has 2 atom stereocenters. The van der Waals surface area contributed by atoms with Gasteiger partial charge in [0.05, 0.1) is 12.3 Å². The van der Waals surface area contributed by atoms with Crippen LogP contribution in [0.4, 0.5) is 13.9 Å². The Morgan fingerprint density at radius 3 is 2.90 bits per heavy atom. The van der Waals surface area contributed by atoms with Gasteiger partial charge in [0, 0.05) is 43.5 Å². The van der Waals surface area contributed by atoms with E-state index in [-0.39, 0.29) is 5.13 Å². The minimum absolute atomic E-state index is 0.0733. The highest BCUT2D eigenvalue weighted by Gasteiger charge is 2.32. The van der Waals surface area contributed by atoms with Crippen molar-refractivity contribution in [1.29, 1.82) is 0 Å². The van der Waals surface area contributed by atoms with Crippen molar-refractivity contribution < 1.29 is 26.7 Å². The van der Waals surface area contributed by atoms with Crippen molar-refractivity contribution in [3.63, 3.8) is 0 Å². The van der Waals surface area contributed by atoms with E-state index in [1.807, 2.05) is 4.72 Å². The van der Waals surface area contributed by atoms with Crippen molar-refractivity contribution in [1.82, 2.24) is 24.5 Å². The summed E-state index contributed by atoms with van der Waals surface area (Å²) in [7, 11) is -2.68. The van der Waals surface area contributed by atoms with Crippen molar-refractivity contribution in [3.8, 4) is 5.75 Å². The summed E-state index contributed by atoms with van der Waals surface area (Å²) < 4.78 is 72.3. The van der Waals surface area contributed by atoms with E-state index >= 15 is 0 Å². The second-order valence-corrected chi connectivity index (χ2v) is 8.66. The first-order valence-corrected chi connectivity index (χ1v) is 10.9. The van der Waals surface area contributed by atoms with E-state index in [0.29, 0.717) is 25.3 Å². The molecule has 0 amide bonds. The normalized spacial score (nSPS) is 19.6. The first-order chi connectivity index (χ1) is 14.3. The fourth-order valence-electron chi connectivity index (χ4n) is 2.94. The lowest BCUT2D eigenvalue weighted by atomic mass is 10.1. The van der Waals surface area contributed by atoms with E-state index in [9.17, 15) is 17.2 Å². The summed E-state index contributed by atoms with van der Waals surface area (Å²) in [5.41, 5.74) is 0.723. The molecule has 0 bridgehead atoms. The minimum atomic E-state index is -4.41. The quantitative estimate of drug-likeness (QED) is 0.569. The number of benzene rings is 1. The number of ether oxygens (including phenoxy) is 2. The van der Waals surface area contributed by atoms with Crippen LogP contribution >= 0.6 is 11.5 Å². The summed E-state index contributed by atoms with van der Waals surface area (Å²) in [4.78, 5) is 2.78. The van der Waals surface area contributed by atoms with Crippen LogP contribution in [-0.4, -0.2) is 47.0 Å². The van der Waals surface area contributed by atoms with Gasteiger partial charge in [0.25, 0.3) is 10.0 Å². The van der Waals surface area contributed by atoms with Crippen LogP contribution in [0.1, 0.15) is 11.7 Å². The number of morpholine rings is 1. The molecule has 160 valence electrons. The van der Waals surface area contributed by atoms with Crippen LogP contribution in [0, 0.1) is 11.6 Å². The Hall–Kier alpha value is -2.68. The van der Waals surface area contributed by atoms with Gasteiger partial charge >= 0.3 is 0 Å². The highest BCUT2D eigenvalue weighted by molar-refractivity contribution is 7.93. The highest BCUT2D eigenvalue weighted by Crippen LogP contribution is 2.30. The molecule has 3 heterocycles. The summed E-state index contributed by atoms with van der Waals surface area (Å²) in [5.74, 6) is -2.74. The number of hydrogen-bond donors (Lipinski definition) is 2. The monoisotopic (exact) mass is 458 g/mol. The third-order valence-corrected chi connectivity index (χ3v) is 6.36. The highest BCUT2D eigenvalue weighted by atomic mass is 32.2. The zero-order valence-corrected chi connectivity index (χ0v) is 17.1. The van der Waals surface area contributed by atoms with Gasteiger partial charge in [0.2, 0.25) is 11.4 Å². The Bertz CT molecular complexity index is 1140. The molecule has 0 spiro atoms. The molecule has 3 aromatic rings. The number of nitrogens with zero attached hydrogens (tertiary/aromatic N) is 4. The molecule has 1 aliphatic heterocycles. The Kier molecular flexibility index (Phi) is 5.64. The third-order valence-electron chi connectivity index (χ3n) is 4.30. The molecule has 10 nitrogen and oxygen atoms in total. The number of rotatable bonds is 6. The molecule has 30 heavy (non-hydrogen) atoms. The lowest BCUT2D eigenvalue weighted by Gasteiger charge is -2.32. The van der Waals surface area contributed by atoms with Gasteiger partial charge in [-0.1, -0.05) is 0 Å². The van der Waals surface area contributed by atoms with Crippen LogP contribution in [0.15, 0.2) is 35.6 Å². The topological polar surface area (TPSA) is 120 Å². The molecule has 2 N–H and O–H groups in total. The largest absolute Gasteiger partial charge is 0.460 e. The number of sulfonamides is 1. The van der Waals surface area contributed by atoms with Gasteiger partial charge in [-0.25, -0.2) is 22.2 Å². The molecule has 4 rings (SSSR count). The number of aromatic nitrogens is 4. The van der Waals surface area contributed by atoms with Gasteiger partial charge in [-0.2, -0.15) is 9.47 Å². The van der Waals surface area contributed by atoms with Crippen LogP contribution in [0.3, 0.4) is 0 Å². The maximum Gasteiger partial charge on any atom is 0.266 e. The summed E-state index contributed by atoms with van der Waals surface area (Å²) in [5, 5.41) is 7.19. The molecule has 1 fully saturated rings. The summed E-state index contributed by atoms with van der Waals surface area (Å²) in [6.45, 7) is 0.822. The molecule has 0 aliphatic carbocycles. The Morgan fingerprint density at radius 1 is 1.37 bits per heavy atom. The average Bonchev–Trinajstić information content (AvgIpc) is 3.36. The molecule has 1 aromatic carbocycles. The standard InChI is InChI=1S/C16H16F2N6O4S2/c1-24-11(2-3-21-24)14-15(27-5-4-19-14)28-12-6-10(18)13(7-9(12)17)30(25,26)23-16-20-8-22-29-16/h2-3,6-8,14-15,19H,4-5H2,1H3,(H,20,22,23). The number of anilines is 1. The van der Waals surface area contributed by atoms with Crippen molar-refractivity contribution in [2.45, 2.75) is 17.2 Å². The Labute approximate surface area is 174 Å². The van der Waals surface area contributed by atoms with E-state index < -0.39 is 44.6 Å². The second kappa shape index (κ2) is 8.22. The van der Waals surface area contributed by atoms with Crippen molar-refractivity contribution in [2.24, 2.45) is 7.05 Å². The van der Waals surface area contributed by atoms with Gasteiger partial charge in [-0.3, -0.25) is 9.40 Å². The van der Waals surface area contributed by atoms with Crippen molar-refractivity contribution in [2.75, 3.05) is 17.9 Å². The second-order valence-electron chi connectivity index (χ2n) is 6.23. The average molecular weight is 458 g/mol. The van der Waals surface area contributed by atoms with Gasteiger partial charge in [-0.05, 0) is 6.07 Å². The SMILES string of the molecule is Cn1nccc1C1NCCOC1Oc1cc(F)c(S(=O)(=O)Nc2ncns2)cc1F. The predicted molar refractivity (Wildman–Crippen MR) is 101 cm³/mol. The van der Waals surface area contributed by atoms with Gasteiger partial charge in [0.15, 0.2) is 11.6 Å². The molecular weight excluding hydrogens is 442 g/mol. The van der Waals surface area contributed by atoms with E-state index in [4.69, 9.17) is 9.47 Å². The van der Waals surface area contributed by atoms with E-state index in [0.717, 1.165) is 23.6 Å². The van der Waals surface area contributed by atoms with Gasteiger partial charge in [0.1, 0.15) is 23.1 Å². The Morgan fingerprint density at radius 2 is 2.20 bits per heavy atom. The summed E-state index contributed by atoms with van der Waals surface area (Å²) >= 11 is 0.758. The molecule has 2 unspecified atom stereocenters. The Balaban J connectivity index is 1.59. The maximum atomic E-state index is 14.6. The summed E-state index contributed by atoms with van der Waals surface area (Å²) in [6.07, 6.45) is 1.74. The van der Waals surface area contributed by atoms with Crippen LogP contribution < -0.4 is 14.8 Å². The zero-order valence-electron chi connectivity index (χ0n) is 15.4. The first-order valence-electron chi connectivity index (χ1n) is 8.63. The molecule has 0 radical (unpaired) electrons. The van der Waals surface area contributed by atoms with E-state index in [2.05, 4.69) is 19.8 Å². The number of halogens is 2. The molecule has 0 saturated carbocycles. The summed E-state index contributed by atoms with van der Waals surface area (Å²) in [6, 6.07) is 2.47. The van der Waals surface area contributed by atoms with Crippen LogP contribution in [0.25, 0.3) is 0 Å². The zero-order chi connectivity index (χ0) is 21.3. The van der Waals surface area contributed by atoms with Crippen molar-refractivity contribution in [3.05, 3.63) is 48.1 Å². The molecule has 14 heteroatoms. The predicted octanol–water partition coefficient (Wildman–Crippen LogP) is 1.42. The van der Waals surface area contributed by atoms with E-state index in [1.54, 1.807) is 24.0 Å². The smallest absolute Gasteiger partial charge is 0.266 e. The third kappa shape index (κ3) is 4.12. The molecular formula is C16H16F2N6O4S2.